The van der Waals surface area contributed by atoms with E-state index in [0.717, 1.165) is 19.5 Å². The molecule has 0 aromatic heterocycles. The number of hydrogen-bond donors (Lipinski definition) is 2. The minimum absolute atomic E-state index is 0.496. The molecule has 1 aliphatic carbocycles. The number of hydrogen-bond acceptors (Lipinski definition) is 3. The molecule has 0 unspecified atom stereocenters. The summed E-state index contributed by atoms with van der Waals surface area (Å²) in [5, 5.41) is 3.34. The van der Waals surface area contributed by atoms with Crippen LogP contribution in [-0.4, -0.2) is 27.8 Å². The third kappa shape index (κ3) is 4.93. The van der Waals surface area contributed by atoms with E-state index in [1.165, 1.54) is 42.2 Å². The third-order valence-corrected chi connectivity index (χ3v) is 4.12. The van der Waals surface area contributed by atoms with E-state index >= 15 is 0 Å². The van der Waals surface area contributed by atoms with E-state index in [1.54, 1.807) is 0 Å². The molecule has 0 saturated heterocycles. The number of aryl methyl sites for hydroxylation is 2. The maximum atomic E-state index is 10.9. The van der Waals surface area contributed by atoms with Crippen LogP contribution >= 0.6 is 0 Å². The van der Waals surface area contributed by atoms with E-state index in [9.17, 15) is 8.42 Å². The number of fused-ring (bicyclic) bond motifs is 1. The fourth-order valence-corrected chi connectivity index (χ4v) is 2.95. The van der Waals surface area contributed by atoms with Gasteiger partial charge < -0.3 is 5.32 Å². The SMILES string of the molecule is CS(=O)(=O)NCCCNCc1ccc2c(c1)CCC2. The highest BCUT2D eigenvalue weighted by Gasteiger charge is 2.10. The fourth-order valence-electron chi connectivity index (χ4n) is 2.44. The summed E-state index contributed by atoms with van der Waals surface area (Å²) in [6.07, 6.45) is 5.70. The second-order valence-corrected chi connectivity index (χ2v) is 6.99. The van der Waals surface area contributed by atoms with Gasteiger partial charge in [-0.25, -0.2) is 13.1 Å². The molecule has 19 heavy (non-hydrogen) atoms. The normalized spacial score (nSPS) is 14.6. The molecule has 2 rings (SSSR count). The van der Waals surface area contributed by atoms with Gasteiger partial charge in [-0.05, 0) is 48.9 Å². The van der Waals surface area contributed by atoms with Crippen molar-refractivity contribution in [2.45, 2.75) is 32.2 Å². The van der Waals surface area contributed by atoms with Gasteiger partial charge in [-0.3, -0.25) is 0 Å². The highest BCUT2D eigenvalue weighted by Crippen LogP contribution is 2.22. The van der Waals surface area contributed by atoms with E-state index in [2.05, 4.69) is 28.2 Å². The lowest BCUT2D eigenvalue weighted by Gasteiger charge is -2.07. The number of benzene rings is 1. The first-order valence-electron chi connectivity index (χ1n) is 6.81. The molecule has 1 aromatic rings. The lowest BCUT2D eigenvalue weighted by Crippen LogP contribution is -2.26. The molecule has 0 aliphatic heterocycles. The third-order valence-electron chi connectivity index (χ3n) is 3.39. The van der Waals surface area contributed by atoms with Crippen molar-refractivity contribution in [3.63, 3.8) is 0 Å². The van der Waals surface area contributed by atoms with Gasteiger partial charge in [0.1, 0.15) is 0 Å². The Labute approximate surface area is 115 Å². The lowest BCUT2D eigenvalue weighted by molar-refractivity contribution is 0.579. The standard InChI is InChI=1S/C14H22N2O2S/c1-19(17,18)16-9-3-8-15-11-12-6-7-13-4-2-5-14(13)10-12/h6-7,10,15-16H,2-5,8-9,11H2,1H3. The van der Waals surface area contributed by atoms with Gasteiger partial charge >= 0.3 is 0 Å². The van der Waals surface area contributed by atoms with Crippen LogP contribution in [0.15, 0.2) is 18.2 Å². The molecule has 0 radical (unpaired) electrons. The molecule has 0 saturated carbocycles. The van der Waals surface area contributed by atoms with Crippen molar-refractivity contribution in [2.75, 3.05) is 19.3 Å². The summed E-state index contributed by atoms with van der Waals surface area (Å²) >= 11 is 0. The predicted molar refractivity (Wildman–Crippen MR) is 77.6 cm³/mol. The molecule has 5 heteroatoms. The van der Waals surface area contributed by atoms with Gasteiger partial charge in [0.25, 0.3) is 0 Å². The molecular formula is C14H22N2O2S. The largest absolute Gasteiger partial charge is 0.313 e. The Bertz CT molecular complexity index is 526. The van der Waals surface area contributed by atoms with Gasteiger partial charge in [0, 0.05) is 13.1 Å². The zero-order chi connectivity index (χ0) is 13.7. The van der Waals surface area contributed by atoms with Gasteiger partial charge in [0.15, 0.2) is 0 Å². The summed E-state index contributed by atoms with van der Waals surface area (Å²) in [6.45, 7) is 2.17. The smallest absolute Gasteiger partial charge is 0.208 e. The van der Waals surface area contributed by atoms with Crippen LogP contribution in [0, 0.1) is 0 Å². The summed E-state index contributed by atoms with van der Waals surface area (Å²) in [6, 6.07) is 6.72. The van der Waals surface area contributed by atoms with Gasteiger partial charge in [-0.15, -0.1) is 0 Å². The Hall–Kier alpha value is -0.910. The van der Waals surface area contributed by atoms with Crippen molar-refractivity contribution in [1.82, 2.24) is 10.0 Å². The average Bonchev–Trinajstić information content (AvgIpc) is 2.79. The van der Waals surface area contributed by atoms with E-state index in [0.29, 0.717) is 6.54 Å². The molecule has 1 aromatic carbocycles. The molecule has 0 bridgehead atoms. The predicted octanol–water partition coefficient (Wildman–Crippen LogP) is 1.20. The first kappa shape index (κ1) is 14.5. The molecule has 4 nitrogen and oxygen atoms in total. The topological polar surface area (TPSA) is 58.2 Å². The maximum absolute atomic E-state index is 10.9. The molecular weight excluding hydrogens is 260 g/mol. The molecule has 0 atom stereocenters. The molecule has 1 aliphatic rings. The molecule has 0 heterocycles. The number of nitrogens with one attached hydrogen (secondary N) is 2. The monoisotopic (exact) mass is 282 g/mol. The average molecular weight is 282 g/mol. The first-order chi connectivity index (χ1) is 9.04. The van der Waals surface area contributed by atoms with E-state index in [1.807, 2.05) is 0 Å². The highest BCUT2D eigenvalue weighted by atomic mass is 32.2. The summed E-state index contributed by atoms with van der Waals surface area (Å²) in [7, 11) is -3.05. The minimum atomic E-state index is -3.05. The lowest BCUT2D eigenvalue weighted by atomic mass is 10.1. The van der Waals surface area contributed by atoms with Crippen molar-refractivity contribution in [1.29, 1.82) is 0 Å². The number of sulfonamides is 1. The molecule has 0 fully saturated rings. The fraction of sp³-hybridized carbons (Fsp3) is 0.571. The van der Waals surface area contributed by atoms with Gasteiger partial charge in [0.2, 0.25) is 10.0 Å². The Morgan fingerprint density at radius 1 is 1.16 bits per heavy atom. The van der Waals surface area contributed by atoms with Crippen molar-refractivity contribution in [3.05, 3.63) is 34.9 Å². The van der Waals surface area contributed by atoms with Gasteiger partial charge in [-0.1, -0.05) is 18.2 Å². The molecule has 0 spiro atoms. The van der Waals surface area contributed by atoms with Crippen LogP contribution in [0.1, 0.15) is 29.5 Å². The second kappa shape index (κ2) is 6.50. The van der Waals surface area contributed by atoms with Crippen LogP contribution < -0.4 is 10.0 Å². The number of rotatable bonds is 7. The summed E-state index contributed by atoms with van der Waals surface area (Å²) in [5.41, 5.74) is 4.32. The Morgan fingerprint density at radius 3 is 2.74 bits per heavy atom. The molecule has 0 amide bonds. The zero-order valence-corrected chi connectivity index (χ0v) is 12.2. The van der Waals surface area contributed by atoms with Crippen LogP contribution in [-0.2, 0) is 29.4 Å². The van der Waals surface area contributed by atoms with E-state index < -0.39 is 10.0 Å². The minimum Gasteiger partial charge on any atom is -0.313 e. The van der Waals surface area contributed by atoms with Crippen molar-refractivity contribution >= 4 is 10.0 Å². The summed E-state index contributed by atoms with van der Waals surface area (Å²) in [5.74, 6) is 0. The first-order valence-corrected chi connectivity index (χ1v) is 8.70. The van der Waals surface area contributed by atoms with Crippen LogP contribution in [0.25, 0.3) is 0 Å². The van der Waals surface area contributed by atoms with Crippen LogP contribution in [0.4, 0.5) is 0 Å². The summed E-state index contributed by atoms with van der Waals surface area (Å²) in [4.78, 5) is 0. The quantitative estimate of drug-likeness (QED) is 0.739. The summed E-state index contributed by atoms with van der Waals surface area (Å²) < 4.78 is 24.2. The van der Waals surface area contributed by atoms with Crippen molar-refractivity contribution < 1.29 is 8.42 Å². The van der Waals surface area contributed by atoms with Crippen molar-refractivity contribution in [2.24, 2.45) is 0 Å². The van der Waals surface area contributed by atoms with Crippen LogP contribution in [0.2, 0.25) is 0 Å². The Morgan fingerprint density at radius 2 is 1.95 bits per heavy atom. The van der Waals surface area contributed by atoms with Gasteiger partial charge in [0.05, 0.1) is 6.26 Å². The zero-order valence-electron chi connectivity index (χ0n) is 11.4. The van der Waals surface area contributed by atoms with Crippen molar-refractivity contribution in [3.8, 4) is 0 Å². The maximum Gasteiger partial charge on any atom is 0.208 e. The van der Waals surface area contributed by atoms with E-state index in [4.69, 9.17) is 0 Å². The van der Waals surface area contributed by atoms with Crippen LogP contribution in [0.3, 0.4) is 0 Å². The van der Waals surface area contributed by atoms with Gasteiger partial charge in [-0.2, -0.15) is 0 Å². The molecule has 106 valence electrons. The Balaban J connectivity index is 1.66. The Kier molecular flexibility index (Phi) is 4.96. The molecule has 2 N–H and O–H groups in total. The van der Waals surface area contributed by atoms with Crippen LogP contribution in [0.5, 0.6) is 0 Å². The second-order valence-electron chi connectivity index (χ2n) is 5.15. The highest BCUT2D eigenvalue weighted by molar-refractivity contribution is 7.88. The van der Waals surface area contributed by atoms with E-state index in [-0.39, 0.29) is 0 Å².